The minimum atomic E-state index is -0.698. The van der Waals surface area contributed by atoms with Gasteiger partial charge in [-0.15, -0.1) is 0 Å². The molecular weight excluding hydrogens is 226 g/mol. The van der Waals surface area contributed by atoms with E-state index in [9.17, 15) is 8.78 Å². The van der Waals surface area contributed by atoms with Crippen LogP contribution in [0.2, 0.25) is 0 Å². The molecule has 1 aliphatic heterocycles. The van der Waals surface area contributed by atoms with E-state index in [1.807, 2.05) is 6.92 Å². The van der Waals surface area contributed by atoms with E-state index in [0.29, 0.717) is 19.7 Å². The molecule has 0 N–H and O–H groups in total. The van der Waals surface area contributed by atoms with Gasteiger partial charge in [0.25, 0.3) is 0 Å². The summed E-state index contributed by atoms with van der Waals surface area (Å²) in [4.78, 5) is 1.61. The largest absolute Gasteiger partial charge is 0.375 e. The molecule has 1 unspecified atom stereocenters. The minimum Gasteiger partial charge on any atom is -0.375 e. The van der Waals surface area contributed by atoms with Crippen LogP contribution in [0.5, 0.6) is 0 Å². The summed E-state index contributed by atoms with van der Waals surface area (Å²) in [6.45, 7) is 3.19. The first kappa shape index (κ1) is 11.8. The highest BCUT2D eigenvalue weighted by molar-refractivity contribution is 5.53. The van der Waals surface area contributed by atoms with Crippen molar-refractivity contribution in [3.05, 3.63) is 29.3 Å². The molecule has 90 valence electrons. The van der Waals surface area contributed by atoms with Gasteiger partial charge in [-0.2, -0.15) is 5.26 Å². The van der Waals surface area contributed by atoms with Crippen LogP contribution < -0.4 is 4.90 Å². The van der Waals surface area contributed by atoms with Gasteiger partial charge in [0.1, 0.15) is 5.69 Å². The van der Waals surface area contributed by atoms with Crippen LogP contribution in [0.1, 0.15) is 12.5 Å². The molecule has 0 aliphatic carbocycles. The topological polar surface area (TPSA) is 36.3 Å². The lowest BCUT2D eigenvalue weighted by atomic mass is 10.1. The van der Waals surface area contributed by atoms with Crippen LogP contribution in [0, 0.1) is 23.0 Å². The highest BCUT2D eigenvalue weighted by atomic mass is 19.1. The SMILES string of the molecule is CC1CN(c2c(F)cc(C#N)cc2F)CCO1. The summed E-state index contributed by atoms with van der Waals surface area (Å²) in [5, 5.41) is 8.61. The van der Waals surface area contributed by atoms with E-state index in [1.54, 1.807) is 11.0 Å². The third-order valence-corrected chi connectivity index (χ3v) is 2.70. The molecule has 1 aromatic carbocycles. The van der Waals surface area contributed by atoms with E-state index in [-0.39, 0.29) is 17.4 Å². The number of nitriles is 1. The summed E-state index contributed by atoms with van der Waals surface area (Å²) < 4.78 is 32.8. The van der Waals surface area contributed by atoms with E-state index in [1.165, 1.54) is 0 Å². The van der Waals surface area contributed by atoms with Crippen molar-refractivity contribution >= 4 is 5.69 Å². The Balaban J connectivity index is 2.35. The van der Waals surface area contributed by atoms with Crippen molar-refractivity contribution in [3.63, 3.8) is 0 Å². The van der Waals surface area contributed by atoms with Gasteiger partial charge in [-0.1, -0.05) is 0 Å². The molecule has 1 fully saturated rings. The van der Waals surface area contributed by atoms with Crippen LogP contribution in [-0.4, -0.2) is 25.8 Å². The Morgan fingerprint density at radius 1 is 1.41 bits per heavy atom. The number of anilines is 1. The molecule has 17 heavy (non-hydrogen) atoms. The van der Waals surface area contributed by atoms with Crippen LogP contribution in [0.4, 0.5) is 14.5 Å². The fourth-order valence-corrected chi connectivity index (χ4v) is 1.95. The van der Waals surface area contributed by atoms with Gasteiger partial charge in [0, 0.05) is 13.1 Å². The van der Waals surface area contributed by atoms with Crippen molar-refractivity contribution in [1.29, 1.82) is 5.26 Å². The Bertz CT molecular complexity index is 447. The van der Waals surface area contributed by atoms with Crippen LogP contribution in [0.25, 0.3) is 0 Å². The molecule has 0 saturated carbocycles. The molecule has 3 nitrogen and oxygen atoms in total. The number of morpholine rings is 1. The molecule has 0 amide bonds. The fraction of sp³-hybridized carbons (Fsp3) is 0.417. The summed E-state index contributed by atoms with van der Waals surface area (Å²) >= 11 is 0. The van der Waals surface area contributed by atoms with E-state index >= 15 is 0 Å². The molecule has 0 bridgehead atoms. The second-order valence-corrected chi connectivity index (χ2v) is 4.03. The van der Waals surface area contributed by atoms with Crippen molar-refractivity contribution in [2.45, 2.75) is 13.0 Å². The van der Waals surface area contributed by atoms with Crippen molar-refractivity contribution in [1.82, 2.24) is 0 Å². The van der Waals surface area contributed by atoms with Crippen LogP contribution in [-0.2, 0) is 4.74 Å². The highest BCUT2D eigenvalue weighted by Gasteiger charge is 2.23. The average molecular weight is 238 g/mol. The van der Waals surface area contributed by atoms with Gasteiger partial charge in [-0.3, -0.25) is 0 Å². The lowest BCUT2D eigenvalue weighted by molar-refractivity contribution is 0.0527. The second kappa shape index (κ2) is 4.68. The minimum absolute atomic E-state index is 0.00921. The molecule has 1 aliphatic rings. The smallest absolute Gasteiger partial charge is 0.150 e. The van der Waals surface area contributed by atoms with E-state index in [4.69, 9.17) is 10.00 Å². The molecule has 1 heterocycles. The maximum Gasteiger partial charge on any atom is 0.150 e. The molecule has 1 aromatic rings. The zero-order chi connectivity index (χ0) is 12.4. The van der Waals surface area contributed by atoms with Gasteiger partial charge in [0.15, 0.2) is 11.6 Å². The molecular formula is C12H12F2N2O. The third-order valence-electron chi connectivity index (χ3n) is 2.70. The number of ether oxygens (including phenoxy) is 1. The fourth-order valence-electron chi connectivity index (χ4n) is 1.95. The molecule has 0 radical (unpaired) electrons. The van der Waals surface area contributed by atoms with Gasteiger partial charge in [-0.25, -0.2) is 8.78 Å². The normalized spacial score (nSPS) is 20.1. The molecule has 5 heteroatoms. The van der Waals surface area contributed by atoms with Gasteiger partial charge in [0.2, 0.25) is 0 Å². The van der Waals surface area contributed by atoms with Gasteiger partial charge in [-0.05, 0) is 19.1 Å². The van der Waals surface area contributed by atoms with Crippen LogP contribution >= 0.6 is 0 Å². The Morgan fingerprint density at radius 3 is 2.59 bits per heavy atom. The summed E-state index contributed by atoms with van der Waals surface area (Å²) in [7, 11) is 0. The summed E-state index contributed by atoms with van der Waals surface area (Å²) in [5.41, 5.74) is -0.0794. The Kier molecular flexibility index (Phi) is 3.25. The van der Waals surface area contributed by atoms with Crippen molar-refractivity contribution < 1.29 is 13.5 Å². The number of halogens is 2. The number of nitrogens with zero attached hydrogens (tertiary/aromatic N) is 2. The van der Waals surface area contributed by atoms with Crippen LogP contribution in [0.3, 0.4) is 0 Å². The lowest BCUT2D eigenvalue weighted by Gasteiger charge is -2.33. The average Bonchev–Trinajstić information content (AvgIpc) is 2.28. The molecule has 1 atom stereocenters. The molecule has 0 spiro atoms. The van der Waals surface area contributed by atoms with Gasteiger partial charge >= 0.3 is 0 Å². The van der Waals surface area contributed by atoms with Gasteiger partial charge < -0.3 is 9.64 Å². The monoisotopic (exact) mass is 238 g/mol. The summed E-state index contributed by atoms with van der Waals surface area (Å²) in [6, 6.07) is 3.83. The van der Waals surface area contributed by atoms with Gasteiger partial charge in [0.05, 0.1) is 24.3 Å². The van der Waals surface area contributed by atoms with Crippen LogP contribution in [0.15, 0.2) is 12.1 Å². The Hall–Kier alpha value is -1.67. The van der Waals surface area contributed by atoms with Crippen molar-refractivity contribution in [2.24, 2.45) is 0 Å². The van der Waals surface area contributed by atoms with Crippen molar-refractivity contribution in [3.8, 4) is 6.07 Å². The first-order valence-electron chi connectivity index (χ1n) is 5.37. The van der Waals surface area contributed by atoms with E-state index in [2.05, 4.69) is 0 Å². The number of benzene rings is 1. The predicted molar refractivity (Wildman–Crippen MR) is 58.7 cm³/mol. The predicted octanol–water partition coefficient (Wildman–Crippen LogP) is 2.06. The first-order valence-corrected chi connectivity index (χ1v) is 5.37. The zero-order valence-electron chi connectivity index (χ0n) is 9.41. The van der Waals surface area contributed by atoms with Crippen molar-refractivity contribution in [2.75, 3.05) is 24.6 Å². The highest BCUT2D eigenvalue weighted by Crippen LogP contribution is 2.26. The lowest BCUT2D eigenvalue weighted by Crippen LogP contribution is -2.42. The molecule has 1 saturated heterocycles. The maximum absolute atomic E-state index is 13.7. The maximum atomic E-state index is 13.7. The zero-order valence-corrected chi connectivity index (χ0v) is 9.41. The van der Waals surface area contributed by atoms with E-state index < -0.39 is 11.6 Å². The number of hydrogen-bond donors (Lipinski definition) is 0. The number of rotatable bonds is 1. The first-order chi connectivity index (χ1) is 8.11. The molecule has 0 aromatic heterocycles. The Labute approximate surface area is 98.2 Å². The standard InChI is InChI=1S/C12H12F2N2O/c1-8-7-16(2-3-17-8)12-10(13)4-9(6-15)5-11(12)14/h4-5,8H,2-3,7H2,1H3. The molecule has 2 rings (SSSR count). The third kappa shape index (κ3) is 2.37. The van der Waals surface area contributed by atoms with E-state index in [0.717, 1.165) is 12.1 Å². The number of hydrogen-bond acceptors (Lipinski definition) is 3. The second-order valence-electron chi connectivity index (χ2n) is 4.03. The summed E-state index contributed by atoms with van der Waals surface area (Å²) in [5.74, 6) is -1.40. The summed E-state index contributed by atoms with van der Waals surface area (Å²) in [6.07, 6.45) is -0.0572. The Morgan fingerprint density at radius 2 is 2.06 bits per heavy atom. The quantitative estimate of drug-likeness (QED) is 0.751.